The van der Waals surface area contributed by atoms with Crippen LogP contribution < -0.4 is 20.9 Å². The van der Waals surface area contributed by atoms with E-state index >= 15 is 0 Å². The van der Waals surface area contributed by atoms with Crippen molar-refractivity contribution in [1.82, 2.24) is 4.98 Å². The summed E-state index contributed by atoms with van der Waals surface area (Å²) in [6.07, 6.45) is 0. The molecule has 0 unspecified atom stereocenters. The van der Waals surface area contributed by atoms with Crippen LogP contribution in [0.4, 0.5) is 5.82 Å². The van der Waals surface area contributed by atoms with Crippen LogP contribution in [0.1, 0.15) is 0 Å². The lowest BCUT2D eigenvalue weighted by atomic mass is 10.1. The average molecular weight is 259 g/mol. The Balaban J connectivity index is 2.48. The van der Waals surface area contributed by atoms with Crippen molar-refractivity contribution >= 4 is 5.82 Å². The maximum atomic E-state index is 5.69. The van der Waals surface area contributed by atoms with Crippen LogP contribution >= 0.6 is 0 Å². The predicted molar refractivity (Wildman–Crippen MR) is 75.2 cm³/mol. The molecule has 0 amide bonds. The molecular formula is C14H17N3O2. The van der Waals surface area contributed by atoms with Crippen LogP contribution in [-0.2, 0) is 0 Å². The van der Waals surface area contributed by atoms with Gasteiger partial charge in [0.25, 0.3) is 0 Å². The monoisotopic (exact) mass is 259 g/mol. The number of nitrogen functional groups attached to an aromatic ring is 1. The summed E-state index contributed by atoms with van der Waals surface area (Å²) in [6.45, 7) is 0.806. The van der Waals surface area contributed by atoms with Gasteiger partial charge in [-0.3, -0.25) is 0 Å². The Labute approximate surface area is 112 Å². The lowest BCUT2D eigenvalue weighted by Crippen LogP contribution is -2.12. The number of methoxy groups -OCH3 is 1. The highest BCUT2D eigenvalue weighted by Crippen LogP contribution is 2.35. The largest absolute Gasteiger partial charge is 0.496 e. The smallest absolute Gasteiger partial charge is 0.223 e. The molecule has 4 N–H and O–H groups in total. The minimum absolute atomic E-state index is 0.388. The molecule has 2 aromatic rings. The van der Waals surface area contributed by atoms with Gasteiger partial charge in [-0.1, -0.05) is 18.2 Å². The molecule has 5 heteroatoms. The first-order valence-corrected chi connectivity index (χ1v) is 5.99. The number of anilines is 1. The topological polar surface area (TPSA) is 83.4 Å². The highest BCUT2D eigenvalue weighted by molar-refractivity contribution is 5.75. The van der Waals surface area contributed by atoms with Gasteiger partial charge in [0.15, 0.2) is 0 Å². The fraction of sp³-hybridized carbons (Fsp3) is 0.214. The second kappa shape index (κ2) is 6.06. The van der Waals surface area contributed by atoms with Crippen LogP contribution in [0.3, 0.4) is 0 Å². The van der Waals surface area contributed by atoms with Gasteiger partial charge >= 0.3 is 0 Å². The van der Waals surface area contributed by atoms with Crippen molar-refractivity contribution in [2.45, 2.75) is 0 Å². The molecule has 5 nitrogen and oxygen atoms in total. The standard InChI is InChI=1S/C14H17N3O2/c1-18-12-5-3-2-4-10(12)11-6-7-13(16)17-14(11)19-9-8-15/h2-7H,8-9,15H2,1H3,(H2,16,17). The SMILES string of the molecule is COc1ccccc1-c1ccc(N)nc1OCCN. The van der Waals surface area contributed by atoms with Crippen LogP contribution in [0.2, 0.25) is 0 Å². The van der Waals surface area contributed by atoms with E-state index in [1.54, 1.807) is 13.2 Å². The minimum atomic E-state index is 0.388. The molecule has 100 valence electrons. The van der Waals surface area contributed by atoms with Crippen molar-refractivity contribution in [3.8, 4) is 22.8 Å². The predicted octanol–water partition coefficient (Wildman–Crippen LogP) is 1.68. The normalized spacial score (nSPS) is 10.2. The Morgan fingerprint density at radius 3 is 2.63 bits per heavy atom. The first-order valence-electron chi connectivity index (χ1n) is 5.99. The van der Waals surface area contributed by atoms with Crippen molar-refractivity contribution < 1.29 is 9.47 Å². The molecule has 0 aliphatic carbocycles. The van der Waals surface area contributed by atoms with E-state index in [-0.39, 0.29) is 0 Å². The third-order valence-electron chi connectivity index (χ3n) is 2.64. The van der Waals surface area contributed by atoms with E-state index in [1.807, 2.05) is 30.3 Å². The summed E-state index contributed by atoms with van der Waals surface area (Å²) in [4.78, 5) is 4.21. The second-order valence-corrected chi connectivity index (χ2v) is 3.93. The highest BCUT2D eigenvalue weighted by atomic mass is 16.5. The molecule has 19 heavy (non-hydrogen) atoms. The van der Waals surface area contributed by atoms with Crippen molar-refractivity contribution in [3.05, 3.63) is 36.4 Å². The molecule has 2 rings (SSSR count). The maximum Gasteiger partial charge on any atom is 0.223 e. The van der Waals surface area contributed by atoms with E-state index in [9.17, 15) is 0 Å². The highest BCUT2D eigenvalue weighted by Gasteiger charge is 2.12. The van der Waals surface area contributed by atoms with Crippen LogP contribution in [0.25, 0.3) is 11.1 Å². The summed E-state index contributed by atoms with van der Waals surface area (Å²) in [7, 11) is 1.63. The molecule has 0 aliphatic heterocycles. The number of rotatable bonds is 5. The van der Waals surface area contributed by atoms with E-state index in [4.69, 9.17) is 20.9 Å². The number of nitrogens with zero attached hydrogens (tertiary/aromatic N) is 1. The van der Waals surface area contributed by atoms with Gasteiger partial charge in [-0.2, -0.15) is 4.98 Å². The second-order valence-electron chi connectivity index (χ2n) is 3.93. The van der Waals surface area contributed by atoms with Crippen molar-refractivity contribution in [2.24, 2.45) is 5.73 Å². The molecular weight excluding hydrogens is 242 g/mol. The lowest BCUT2D eigenvalue weighted by Gasteiger charge is -2.13. The number of nitrogens with two attached hydrogens (primary N) is 2. The van der Waals surface area contributed by atoms with Gasteiger partial charge in [0.2, 0.25) is 5.88 Å². The van der Waals surface area contributed by atoms with Crippen molar-refractivity contribution in [2.75, 3.05) is 26.0 Å². The number of para-hydroxylation sites is 1. The van der Waals surface area contributed by atoms with E-state index < -0.39 is 0 Å². The van der Waals surface area contributed by atoms with Gasteiger partial charge in [0.05, 0.1) is 7.11 Å². The van der Waals surface area contributed by atoms with Crippen LogP contribution in [0.15, 0.2) is 36.4 Å². The third-order valence-corrected chi connectivity index (χ3v) is 2.64. The maximum absolute atomic E-state index is 5.69. The Bertz CT molecular complexity index is 558. The third kappa shape index (κ3) is 2.95. The molecule has 0 saturated carbocycles. The first kappa shape index (κ1) is 13.2. The van der Waals surface area contributed by atoms with Crippen LogP contribution in [0, 0.1) is 0 Å². The first-order chi connectivity index (χ1) is 9.26. The number of ether oxygens (including phenoxy) is 2. The fourth-order valence-electron chi connectivity index (χ4n) is 1.79. The number of pyridine rings is 1. The molecule has 1 aromatic heterocycles. The Morgan fingerprint density at radius 1 is 1.11 bits per heavy atom. The molecule has 0 saturated heterocycles. The number of benzene rings is 1. The molecule has 1 aromatic carbocycles. The molecule has 0 aliphatic rings. The molecule has 0 spiro atoms. The van der Waals surface area contributed by atoms with Gasteiger partial charge in [0.1, 0.15) is 18.2 Å². The quantitative estimate of drug-likeness (QED) is 0.853. The van der Waals surface area contributed by atoms with E-state index in [2.05, 4.69) is 4.98 Å². The van der Waals surface area contributed by atoms with Crippen molar-refractivity contribution in [1.29, 1.82) is 0 Å². The summed E-state index contributed by atoms with van der Waals surface area (Å²) in [5.74, 6) is 1.63. The van der Waals surface area contributed by atoms with Gasteiger partial charge in [-0.15, -0.1) is 0 Å². The minimum Gasteiger partial charge on any atom is -0.496 e. The van der Waals surface area contributed by atoms with Gasteiger partial charge in [0, 0.05) is 17.7 Å². The van der Waals surface area contributed by atoms with E-state index in [1.165, 1.54) is 0 Å². The number of hydrogen-bond donors (Lipinski definition) is 2. The number of hydrogen-bond acceptors (Lipinski definition) is 5. The van der Waals surface area contributed by atoms with Crippen molar-refractivity contribution in [3.63, 3.8) is 0 Å². The van der Waals surface area contributed by atoms with E-state index in [0.29, 0.717) is 24.8 Å². The summed E-state index contributed by atoms with van der Waals surface area (Å²) in [6, 6.07) is 11.3. The van der Waals surface area contributed by atoms with Gasteiger partial charge in [-0.25, -0.2) is 0 Å². The molecule has 1 heterocycles. The summed E-state index contributed by atoms with van der Waals surface area (Å²) in [5, 5.41) is 0. The molecule has 0 atom stereocenters. The Hall–Kier alpha value is -2.27. The fourth-order valence-corrected chi connectivity index (χ4v) is 1.79. The van der Waals surface area contributed by atoms with E-state index in [0.717, 1.165) is 16.9 Å². The summed E-state index contributed by atoms with van der Waals surface area (Å²) in [5.41, 5.74) is 12.9. The molecule has 0 radical (unpaired) electrons. The Kier molecular flexibility index (Phi) is 4.20. The zero-order valence-electron chi connectivity index (χ0n) is 10.8. The van der Waals surface area contributed by atoms with Crippen LogP contribution in [0.5, 0.6) is 11.6 Å². The zero-order valence-corrected chi connectivity index (χ0v) is 10.8. The van der Waals surface area contributed by atoms with Gasteiger partial charge in [-0.05, 0) is 18.2 Å². The average Bonchev–Trinajstić information content (AvgIpc) is 2.45. The Morgan fingerprint density at radius 2 is 1.89 bits per heavy atom. The van der Waals surface area contributed by atoms with Gasteiger partial charge < -0.3 is 20.9 Å². The summed E-state index contributed by atoms with van der Waals surface area (Å²) < 4.78 is 10.9. The molecule has 0 bridgehead atoms. The number of aromatic nitrogens is 1. The van der Waals surface area contributed by atoms with Crippen LogP contribution in [-0.4, -0.2) is 25.2 Å². The zero-order chi connectivity index (χ0) is 13.7. The summed E-state index contributed by atoms with van der Waals surface area (Å²) >= 11 is 0. The lowest BCUT2D eigenvalue weighted by molar-refractivity contribution is 0.317. The molecule has 0 fully saturated rings.